The minimum Gasteiger partial charge on any atom is -0.393 e. The molecule has 1 aromatic heterocycles. The fourth-order valence-electron chi connectivity index (χ4n) is 2.35. The maximum Gasteiger partial charge on any atom is 0.330 e. The van der Waals surface area contributed by atoms with Gasteiger partial charge in [-0.1, -0.05) is 22.6 Å². The first-order valence-corrected chi connectivity index (χ1v) is 6.68. The number of fused-ring (bicyclic) bond motifs is 2. The van der Waals surface area contributed by atoms with Crippen molar-refractivity contribution in [2.45, 2.75) is 21.9 Å². The molecule has 2 bridgehead atoms. The van der Waals surface area contributed by atoms with E-state index in [2.05, 4.69) is 27.6 Å². The molecular formula is C10H11IN2O5. The summed E-state index contributed by atoms with van der Waals surface area (Å²) in [6.07, 6.45) is 0.461. The lowest BCUT2D eigenvalue weighted by Crippen LogP contribution is -2.43. The highest BCUT2D eigenvalue weighted by Gasteiger charge is 2.60. The third-order valence-corrected chi connectivity index (χ3v) is 5.18. The normalized spacial score (nSPS) is 38.2. The van der Waals surface area contributed by atoms with Gasteiger partial charge in [0.1, 0.15) is 11.7 Å². The van der Waals surface area contributed by atoms with E-state index < -0.39 is 23.1 Å². The summed E-state index contributed by atoms with van der Waals surface area (Å²) in [4.78, 5) is 24.9. The second-order valence-corrected chi connectivity index (χ2v) is 5.77. The monoisotopic (exact) mass is 366 g/mol. The number of aromatic amines is 1. The van der Waals surface area contributed by atoms with Gasteiger partial charge in [0.05, 0.1) is 17.1 Å². The number of aliphatic hydroxyl groups excluding tert-OH is 1. The molecule has 0 aliphatic carbocycles. The number of halogens is 1. The maximum absolute atomic E-state index is 11.7. The molecule has 0 radical (unpaired) electrons. The van der Waals surface area contributed by atoms with Crippen LogP contribution >= 0.6 is 22.6 Å². The van der Waals surface area contributed by atoms with Gasteiger partial charge in [0.15, 0.2) is 6.23 Å². The second-order valence-electron chi connectivity index (χ2n) is 4.43. The van der Waals surface area contributed by atoms with E-state index in [1.54, 1.807) is 0 Å². The molecule has 1 aromatic rings. The number of alkyl halides is 1. The molecule has 3 heterocycles. The average Bonchev–Trinajstić information content (AvgIpc) is 2.81. The lowest BCUT2D eigenvalue weighted by Gasteiger charge is -2.29. The summed E-state index contributed by atoms with van der Waals surface area (Å²) in [5.41, 5.74) is -1.76. The van der Waals surface area contributed by atoms with Gasteiger partial charge in [0, 0.05) is 12.3 Å². The molecule has 2 N–H and O–H groups in total. The van der Waals surface area contributed by atoms with E-state index in [0.29, 0.717) is 6.61 Å². The third kappa shape index (κ3) is 1.59. The standard InChI is InChI=1S/C10H11IN2O5/c11-7-6-8(18-10(7,3-14)4-17-6)13-2-1-5(15)12-9(13)16/h1-2,6-8,14H,3-4H2,(H,12,15,16)/t6?,7?,8-,10+/m1/s1. The van der Waals surface area contributed by atoms with Crippen molar-refractivity contribution in [2.75, 3.05) is 13.2 Å². The number of hydrogen-bond acceptors (Lipinski definition) is 5. The van der Waals surface area contributed by atoms with Gasteiger partial charge in [-0.25, -0.2) is 4.79 Å². The SMILES string of the molecule is O=c1ccn([C@@H]2O[C@@]3(CO)COC2C3I)c(=O)[nH]1. The molecule has 0 spiro atoms. The molecule has 18 heavy (non-hydrogen) atoms. The molecule has 4 atom stereocenters. The minimum absolute atomic E-state index is 0.0380. The maximum atomic E-state index is 11.7. The molecule has 2 aliphatic rings. The zero-order valence-corrected chi connectivity index (χ0v) is 11.4. The second kappa shape index (κ2) is 4.15. The van der Waals surface area contributed by atoms with Crippen molar-refractivity contribution in [1.82, 2.24) is 9.55 Å². The zero-order chi connectivity index (χ0) is 12.9. The van der Waals surface area contributed by atoms with E-state index in [0.717, 1.165) is 0 Å². The summed E-state index contributed by atoms with van der Waals surface area (Å²) in [7, 11) is 0. The van der Waals surface area contributed by atoms with Crippen molar-refractivity contribution in [3.05, 3.63) is 33.1 Å². The largest absolute Gasteiger partial charge is 0.393 e. The Balaban J connectivity index is 2.01. The lowest BCUT2D eigenvalue weighted by atomic mass is 10.0. The van der Waals surface area contributed by atoms with Crippen LogP contribution in [-0.2, 0) is 9.47 Å². The minimum atomic E-state index is -0.758. The molecule has 98 valence electrons. The molecule has 2 unspecified atom stereocenters. The highest BCUT2D eigenvalue weighted by atomic mass is 127. The number of nitrogens with zero attached hydrogens (tertiary/aromatic N) is 1. The summed E-state index contributed by atoms with van der Waals surface area (Å²) >= 11 is 2.16. The molecule has 0 aromatic carbocycles. The van der Waals surface area contributed by atoms with Gasteiger partial charge in [-0.3, -0.25) is 14.3 Å². The van der Waals surface area contributed by atoms with Crippen LogP contribution in [0.25, 0.3) is 0 Å². The summed E-state index contributed by atoms with van der Waals surface area (Å²) < 4.78 is 12.6. The smallest absolute Gasteiger partial charge is 0.330 e. The number of aromatic nitrogens is 2. The fourth-order valence-corrected chi connectivity index (χ4v) is 3.43. The van der Waals surface area contributed by atoms with Crippen molar-refractivity contribution >= 4 is 22.6 Å². The Morgan fingerprint density at radius 3 is 3.00 bits per heavy atom. The van der Waals surface area contributed by atoms with Crippen LogP contribution in [0.1, 0.15) is 6.23 Å². The van der Waals surface area contributed by atoms with Crippen LogP contribution in [0.3, 0.4) is 0 Å². The Hall–Kier alpha value is -0.710. The molecule has 7 nitrogen and oxygen atoms in total. The van der Waals surface area contributed by atoms with Crippen molar-refractivity contribution in [3.8, 4) is 0 Å². The van der Waals surface area contributed by atoms with Crippen LogP contribution in [0.15, 0.2) is 21.9 Å². The average molecular weight is 366 g/mol. The highest BCUT2D eigenvalue weighted by Crippen LogP contribution is 2.48. The zero-order valence-electron chi connectivity index (χ0n) is 9.21. The molecule has 8 heteroatoms. The van der Waals surface area contributed by atoms with Crippen LogP contribution in [0.2, 0.25) is 0 Å². The first-order valence-electron chi connectivity index (χ1n) is 5.43. The molecule has 2 fully saturated rings. The first kappa shape index (κ1) is 12.3. The number of ether oxygens (including phenoxy) is 2. The Bertz CT molecular complexity index is 584. The molecule has 0 saturated carbocycles. The van der Waals surface area contributed by atoms with E-state index in [1.807, 2.05) is 0 Å². The van der Waals surface area contributed by atoms with Gasteiger partial charge in [0.25, 0.3) is 5.56 Å². The first-order chi connectivity index (χ1) is 8.57. The number of hydrogen-bond donors (Lipinski definition) is 2. The van der Waals surface area contributed by atoms with Gasteiger partial charge in [-0.05, 0) is 0 Å². The van der Waals surface area contributed by atoms with Crippen molar-refractivity contribution in [3.63, 3.8) is 0 Å². The third-order valence-electron chi connectivity index (χ3n) is 3.34. The van der Waals surface area contributed by atoms with E-state index in [4.69, 9.17) is 9.47 Å². The Morgan fingerprint density at radius 2 is 2.39 bits per heavy atom. The van der Waals surface area contributed by atoms with Gasteiger partial charge < -0.3 is 14.6 Å². The topological polar surface area (TPSA) is 93.5 Å². The van der Waals surface area contributed by atoms with Crippen LogP contribution in [0.4, 0.5) is 0 Å². The van der Waals surface area contributed by atoms with Crippen LogP contribution in [-0.4, -0.2) is 43.5 Å². The number of aliphatic hydroxyl groups is 1. The fraction of sp³-hybridized carbons (Fsp3) is 0.600. The summed E-state index contributed by atoms with van der Waals surface area (Å²) in [5, 5.41) is 9.44. The van der Waals surface area contributed by atoms with Crippen molar-refractivity contribution in [2.24, 2.45) is 0 Å². The Kier molecular flexibility index (Phi) is 2.84. The van der Waals surface area contributed by atoms with Crippen molar-refractivity contribution in [1.29, 1.82) is 0 Å². The Morgan fingerprint density at radius 1 is 1.61 bits per heavy atom. The lowest BCUT2D eigenvalue weighted by molar-refractivity contribution is -0.184. The molecule has 3 rings (SSSR count). The van der Waals surface area contributed by atoms with Crippen LogP contribution in [0, 0.1) is 0 Å². The van der Waals surface area contributed by atoms with E-state index in [1.165, 1.54) is 16.8 Å². The predicted molar refractivity (Wildman–Crippen MR) is 68.8 cm³/mol. The summed E-state index contributed by atoms with van der Waals surface area (Å²) in [5.74, 6) is 0. The van der Waals surface area contributed by atoms with E-state index in [9.17, 15) is 14.7 Å². The van der Waals surface area contributed by atoms with Crippen LogP contribution < -0.4 is 11.2 Å². The molecular weight excluding hydrogens is 355 g/mol. The predicted octanol–water partition coefficient (Wildman–Crippen LogP) is -1.00. The molecule has 2 saturated heterocycles. The molecule has 0 amide bonds. The summed E-state index contributed by atoms with van der Waals surface area (Å²) in [6, 6.07) is 1.25. The van der Waals surface area contributed by atoms with Gasteiger partial charge >= 0.3 is 5.69 Å². The van der Waals surface area contributed by atoms with Gasteiger partial charge in [-0.2, -0.15) is 0 Å². The quantitative estimate of drug-likeness (QED) is 0.518. The van der Waals surface area contributed by atoms with Crippen molar-refractivity contribution < 1.29 is 14.6 Å². The number of H-pyrrole nitrogens is 1. The summed E-state index contributed by atoms with van der Waals surface area (Å²) in [6.45, 7) is 0.155. The number of rotatable bonds is 2. The van der Waals surface area contributed by atoms with Crippen LogP contribution in [0.5, 0.6) is 0 Å². The highest BCUT2D eigenvalue weighted by molar-refractivity contribution is 14.1. The molecule has 2 aliphatic heterocycles. The Labute approximate surface area is 115 Å². The van der Waals surface area contributed by atoms with E-state index >= 15 is 0 Å². The van der Waals surface area contributed by atoms with Gasteiger partial charge in [-0.15, -0.1) is 0 Å². The van der Waals surface area contributed by atoms with Gasteiger partial charge in [0.2, 0.25) is 0 Å². The number of nitrogens with one attached hydrogen (secondary N) is 1. The van der Waals surface area contributed by atoms with E-state index in [-0.39, 0.29) is 16.6 Å².